The van der Waals surface area contributed by atoms with Crippen molar-refractivity contribution in [1.82, 2.24) is 0 Å². The van der Waals surface area contributed by atoms with E-state index in [2.05, 4.69) is 46.9 Å². The molecule has 0 bridgehead atoms. The van der Waals surface area contributed by atoms with E-state index < -0.39 is 8.45 Å². The molecule has 0 saturated carbocycles. The average molecular weight is 179 g/mol. The standard InChI is InChI=1S/8CH3.Co/h8*1H3;. The van der Waals surface area contributed by atoms with Crippen LogP contribution in [-0.2, 0) is 8.45 Å². The first kappa shape index (κ1) is 9.51. The Morgan fingerprint density at radius 1 is 0.444 bits per heavy atom. The molecule has 9 heavy (non-hydrogen) atoms. The Hall–Kier alpha value is 0.506. The van der Waals surface area contributed by atoms with Gasteiger partial charge in [-0.15, -0.1) is 0 Å². The van der Waals surface area contributed by atoms with Crippen LogP contribution >= 0.6 is 0 Å². The molecule has 0 rings (SSSR count). The molecule has 0 heterocycles. The molecule has 65 valence electrons. The van der Waals surface area contributed by atoms with E-state index in [0.29, 0.717) is 0 Å². The topological polar surface area (TPSA) is 0 Å². The summed E-state index contributed by atoms with van der Waals surface area (Å²) in [6.07, 6.45) is 0. The Kier molecular flexibility index (Phi) is 0.623. The van der Waals surface area contributed by atoms with E-state index in [-0.39, 0.29) is 0 Å². The van der Waals surface area contributed by atoms with E-state index in [0.717, 1.165) is 0 Å². The predicted octanol–water partition coefficient (Wildman–Crippen LogP) is 4.67. The molecule has 0 amide bonds. The van der Waals surface area contributed by atoms with Crippen LogP contribution in [-0.4, -0.2) is 0 Å². The van der Waals surface area contributed by atoms with Crippen molar-refractivity contribution >= 4 is 0 Å². The Labute approximate surface area is 55.8 Å². The zero-order valence-corrected chi connectivity index (χ0v) is 9.37. The molecule has 0 aliphatic heterocycles. The molecule has 0 aliphatic rings. The zero-order chi connectivity index (χ0) is 8.35. The van der Waals surface area contributed by atoms with Gasteiger partial charge in [0.2, 0.25) is 0 Å². The van der Waals surface area contributed by atoms with Crippen molar-refractivity contribution in [3.05, 3.63) is 0 Å². The number of hydrogen-bond donors (Lipinski definition) is 0. The van der Waals surface area contributed by atoms with Gasteiger partial charge < -0.3 is 0 Å². The van der Waals surface area contributed by atoms with E-state index in [1.165, 1.54) is 0 Å². The van der Waals surface area contributed by atoms with Gasteiger partial charge in [-0.1, -0.05) is 0 Å². The molecule has 0 spiro atoms. The molecule has 0 saturated heterocycles. The van der Waals surface area contributed by atoms with Gasteiger partial charge in [0.1, 0.15) is 0 Å². The second-order valence-corrected chi connectivity index (χ2v) is 38.5. The summed E-state index contributed by atoms with van der Waals surface area (Å²) in [7, 11) is -2.78. The molecule has 0 atom stereocenters. The van der Waals surface area contributed by atoms with Crippen LogP contribution in [0.15, 0.2) is 0 Å². The molecule has 0 N–H and O–H groups in total. The van der Waals surface area contributed by atoms with E-state index in [1.807, 2.05) is 0 Å². The van der Waals surface area contributed by atoms with Crippen LogP contribution in [0.3, 0.4) is 0 Å². The second kappa shape index (κ2) is 0.590. The molecule has 0 radical (unpaired) electrons. The molecular formula is C8H24Co. The molecule has 0 fully saturated rings. The van der Waals surface area contributed by atoms with Crippen molar-refractivity contribution in [2.45, 2.75) is 46.9 Å². The third-order valence-electron chi connectivity index (χ3n) is 0. The molecule has 0 aromatic rings. The molecule has 1 heteroatoms. The van der Waals surface area contributed by atoms with Crippen LogP contribution in [0.5, 0.6) is 0 Å². The summed E-state index contributed by atoms with van der Waals surface area (Å²) in [5.74, 6) is 19.2. The van der Waals surface area contributed by atoms with Gasteiger partial charge >= 0.3 is 55.3 Å². The maximum atomic E-state index is 2.40. The van der Waals surface area contributed by atoms with Crippen LogP contribution in [0.1, 0.15) is 0 Å². The van der Waals surface area contributed by atoms with E-state index in [1.54, 1.807) is 0 Å². The minimum atomic E-state index is -2.78. The summed E-state index contributed by atoms with van der Waals surface area (Å²) in [6, 6.07) is 0. The second-order valence-electron chi connectivity index (χ2n) is 9.33. The Balaban J connectivity index is 5.84. The molecule has 0 aromatic carbocycles. The Bertz CT molecular complexity index is 139. The fourth-order valence-corrected chi connectivity index (χ4v) is 0. The fraction of sp³-hybridized carbons (Fsp3) is 1.00. The van der Waals surface area contributed by atoms with Gasteiger partial charge in [-0.3, -0.25) is 0 Å². The normalized spacial score (nSPS) is 31.1. The van der Waals surface area contributed by atoms with Crippen molar-refractivity contribution in [3.8, 4) is 0 Å². The van der Waals surface area contributed by atoms with Gasteiger partial charge in [-0.05, 0) is 0 Å². The van der Waals surface area contributed by atoms with Gasteiger partial charge in [0, 0.05) is 0 Å². The molecular weight excluding hydrogens is 155 g/mol. The van der Waals surface area contributed by atoms with Crippen molar-refractivity contribution in [2.75, 3.05) is 0 Å². The van der Waals surface area contributed by atoms with Crippen LogP contribution in [0, 0.1) is 0 Å². The summed E-state index contributed by atoms with van der Waals surface area (Å²) in [5.41, 5.74) is 0. The quantitative estimate of drug-likeness (QED) is 0.507. The molecule has 0 aromatic heterocycles. The molecule has 0 unspecified atom stereocenters. The fourth-order valence-electron chi connectivity index (χ4n) is 0. The Morgan fingerprint density at radius 2 is 0.444 bits per heavy atom. The van der Waals surface area contributed by atoms with Gasteiger partial charge in [-0.2, -0.15) is 0 Å². The summed E-state index contributed by atoms with van der Waals surface area (Å²) >= 11 is 0. The van der Waals surface area contributed by atoms with Crippen molar-refractivity contribution in [3.63, 3.8) is 0 Å². The predicted molar refractivity (Wildman–Crippen MR) is 46.9 cm³/mol. The van der Waals surface area contributed by atoms with Gasteiger partial charge in [0.05, 0.1) is 0 Å². The van der Waals surface area contributed by atoms with Crippen molar-refractivity contribution in [1.29, 1.82) is 0 Å². The van der Waals surface area contributed by atoms with E-state index >= 15 is 0 Å². The van der Waals surface area contributed by atoms with E-state index in [4.69, 9.17) is 0 Å². The minimum absolute atomic E-state index is 2.40. The first-order chi connectivity index (χ1) is 2.83. The number of rotatable bonds is 0. The number of hydrogen-bond acceptors (Lipinski definition) is 0. The van der Waals surface area contributed by atoms with Gasteiger partial charge in [0.15, 0.2) is 0 Å². The third-order valence-corrected chi connectivity index (χ3v) is 0. The van der Waals surface area contributed by atoms with Gasteiger partial charge in [-0.25, -0.2) is 0 Å². The molecule has 0 nitrogen and oxygen atoms in total. The summed E-state index contributed by atoms with van der Waals surface area (Å²) in [4.78, 5) is 0. The third kappa shape index (κ3) is 1400. The van der Waals surface area contributed by atoms with Crippen LogP contribution < -0.4 is 0 Å². The van der Waals surface area contributed by atoms with Crippen molar-refractivity contribution < 1.29 is 8.45 Å². The molecule has 0 aliphatic carbocycles. The SMILES string of the molecule is [CH3][Co]([CH3])([CH3])([CH3])([CH3])([CH3])([CH3])[CH3]. The monoisotopic (exact) mass is 179 g/mol. The summed E-state index contributed by atoms with van der Waals surface area (Å²) < 4.78 is 0. The zero-order valence-electron chi connectivity index (χ0n) is 8.33. The van der Waals surface area contributed by atoms with Crippen molar-refractivity contribution in [2.24, 2.45) is 0 Å². The first-order valence-corrected chi connectivity index (χ1v) is 11.0. The van der Waals surface area contributed by atoms with E-state index in [9.17, 15) is 0 Å². The summed E-state index contributed by atoms with van der Waals surface area (Å²) in [5, 5.41) is 0. The van der Waals surface area contributed by atoms with Gasteiger partial charge in [0.25, 0.3) is 0 Å². The first-order valence-electron chi connectivity index (χ1n) is 2.67. The van der Waals surface area contributed by atoms with Crippen LogP contribution in [0.4, 0.5) is 0 Å². The summed E-state index contributed by atoms with van der Waals surface area (Å²) in [6.45, 7) is 0. The van der Waals surface area contributed by atoms with Crippen LogP contribution in [0.25, 0.3) is 0 Å². The van der Waals surface area contributed by atoms with Crippen LogP contribution in [0.2, 0.25) is 46.9 Å². The Morgan fingerprint density at radius 3 is 0.444 bits per heavy atom. The maximum absolute atomic E-state index is 2.78. The average Bonchev–Trinajstić information content (AvgIpc) is 0.503.